The summed E-state index contributed by atoms with van der Waals surface area (Å²) in [5.41, 5.74) is 1.12. The number of benzene rings is 2. The minimum Gasteiger partial charge on any atom is -0.376 e. The van der Waals surface area contributed by atoms with Gasteiger partial charge in [0.05, 0.1) is 21.2 Å². The average Bonchev–Trinajstić information content (AvgIpc) is 2.54. The summed E-state index contributed by atoms with van der Waals surface area (Å²) in [5.74, 6) is 0. The molecule has 8 heteroatoms. The first kappa shape index (κ1) is 16.8. The maximum Gasteiger partial charge on any atom is 0.269 e. The average molecular weight is 335 g/mol. The van der Waals surface area contributed by atoms with Crippen molar-refractivity contribution in [2.45, 2.75) is 4.90 Å². The third kappa shape index (κ3) is 3.26. The molecule has 0 atom stereocenters. The van der Waals surface area contributed by atoms with Crippen LogP contribution in [0.2, 0.25) is 0 Å². The van der Waals surface area contributed by atoms with Gasteiger partial charge in [-0.25, -0.2) is 8.42 Å². The van der Waals surface area contributed by atoms with Gasteiger partial charge in [-0.1, -0.05) is 12.1 Å². The van der Waals surface area contributed by atoms with Gasteiger partial charge in [-0.3, -0.25) is 14.4 Å². The maximum atomic E-state index is 12.7. The molecular weight excluding hydrogens is 318 g/mol. The number of nitro benzene ring substituents is 1. The topological polar surface area (TPSA) is 83.8 Å². The van der Waals surface area contributed by atoms with Crippen LogP contribution in [-0.2, 0) is 10.0 Å². The molecule has 0 aliphatic carbocycles. The van der Waals surface area contributed by atoms with Gasteiger partial charge in [-0.2, -0.15) is 0 Å². The Hall–Kier alpha value is -2.61. The van der Waals surface area contributed by atoms with Gasteiger partial charge in [0.25, 0.3) is 15.7 Å². The van der Waals surface area contributed by atoms with Crippen LogP contribution < -0.4 is 9.21 Å². The molecule has 0 amide bonds. The van der Waals surface area contributed by atoms with Crippen LogP contribution in [0.15, 0.2) is 53.4 Å². The molecule has 0 bridgehead atoms. The maximum absolute atomic E-state index is 12.7. The molecule has 0 unspecified atom stereocenters. The number of anilines is 2. The molecule has 0 fully saturated rings. The highest BCUT2D eigenvalue weighted by atomic mass is 32.2. The predicted molar refractivity (Wildman–Crippen MR) is 89.5 cm³/mol. The Morgan fingerprint density at radius 3 is 1.91 bits per heavy atom. The Kier molecular flexibility index (Phi) is 4.55. The molecule has 23 heavy (non-hydrogen) atoms. The number of rotatable bonds is 5. The van der Waals surface area contributed by atoms with Crippen molar-refractivity contribution in [1.82, 2.24) is 0 Å². The van der Waals surface area contributed by atoms with Gasteiger partial charge in [0.15, 0.2) is 0 Å². The van der Waals surface area contributed by atoms with Crippen molar-refractivity contribution >= 4 is 27.1 Å². The van der Waals surface area contributed by atoms with Gasteiger partial charge in [0, 0.05) is 33.3 Å². The van der Waals surface area contributed by atoms with E-state index in [2.05, 4.69) is 0 Å². The zero-order valence-corrected chi connectivity index (χ0v) is 13.8. The van der Waals surface area contributed by atoms with Gasteiger partial charge in [-0.15, -0.1) is 0 Å². The van der Waals surface area contributed by atoms with Gasteiger partial charge < -0.3 is 4.90 Å². The molecule has 0 radical (unpaired) electrons. The standard InChI is InChI=1S/C15H17N3O4S/c1-16(2)14-6-4-5-7-15(14)17(3)23(21,22)13-10-8-12(9-11-13)18(19)20/h4-11H,1-3H3. The number of hydrogen-bond donors (Lipinski definition) is 0. The van der Waals surface area contributed by atoms with E-state index in [1.807, 2.05) is 31.1 Å². The predicted octanol–water partition coefficient (Wildman–Crippen LogP) is 2.49. The molecule has 0 aliphatic rings. The highest BCUT2D eigenvalue weighted by molar-refractivity contribution is 7.92. The van der Waals surface area contributed by atoms with E-state index in [0.717, 1.165) is 5.69 Å². The first-order chi connectivity index (χ1) is 10.7. The Labute approximate surface area is 135 Å². The van der Waals surface area contributed by atoms with E-state index in [4.69, 9.17) is 0 Å². The molecule has 0 spiro atoms. The molecule has 0 N–H and O–H groups in total. The van der Waals surface area contributed by atoms with Gasteiger partial charge >= 0.3 is 0 Å². The van der Waals surface area contributed by atoms with Crippen molar-refractivity contribution in [1.29, 1.82) is 0 Å². The molecular formula is C15H17N3O4S. The Bertz CT molecular complexity index is 817. The SMILES string of the molecule is CN(C)c1ccccc1N(C)S(=O)(=O)c1ccc([N+](=O)[O-])cc1. The fourth-order valence-electron chi connectivity index (χ4n) is 2.14. The molecule has 7 nitrogen and oxygen atoms in total. The van der Waals surface area contributed by atoms with E-state index < -0.39 is 14.9 Å². The van der Waals surface area contributed by atoms with E-state index in [-0.39, 0.29) is 10.6 Å². The van der Waals surface area contributed by atoms with Crippen molar-refractivity contribution < 1.29 is 13.3 Å². The molecule has 0 aromatic heterocycles. The molecule has 0 heterocycles. The van der Waals surface area contributed by atoms with Crippen molar-refractivity contribution in [3.63, 3.8) is 0 Å². The number of hydrogen-bond acceptors (Lipinski definition) is 5. The van der Waals surface area contributed by atoms with Crippen LogP contribution in [0.5, 0.6) is 0 Å². The third-order valence-corrected chi connectivity index (χ3v) is 5.19. The fraction of sp³-hybridized carbons (Fsp3) is 0.200. The van der Waals surface area contributed by atoms with Crippen LogP contribution in [0.1, 0.15) is 0 Å². The first-order valence-electron chi connectivity index (χ1n) is 6.75. The lowest BCUT2D eigenvalue weighted by Crippen LogP contribution is -2.28. The Morgan fingerprint density at radius 1 is 0.913 bits per heavy atom. The molecule has 2 aromatic rings. The minimum absolute atomic E-state index is 0.000779. The number of nitrogens with zero attached hydrogens (tertiary/aromatic N) is 3. The molecule has 2 aromatic carbocycles. The summed E-state index contributed by atoms with van der Waals surface area (Å²) in [5, 5.41) is 10.7. The lowest BCUT2D eigenvalue weighted by Gasteiger charge is -2.25. The Morgan fingerprint density at radius 2 is 1.43 bits per heavy atom. The molecule has 122 valence electrons. The second kappa shape index (κ2) is 6.25. The van der Waals surface area contributed by atoms with Crippen LogP contribution in [-0.4, -0.2) is 34.5 Å². The molecule has 2 rings (SSSR count). The number of nitro groups is 1. The van der Waals surface area contributed by atoms with Gasteiger partial charge in [0.2, 0.25) is 0 Å². The summed E-state index contributed by atoms with van der Waals surface area (Å²) in [6.07, 6.45) is 0. The van der Waals surface area contributed by atoms with E-state index in [1.54, 1.807) is 12.1 Å². The number of non-ortho nitro benzene ring substituents is 1. The second-order valence-electron chi connectivity index (χ2n) is 5.11. The van der Waals surface area contributed by atoms with E-state index in [0.29, 0.717) is 5.69 Å². The van der Waals surface area contributed by atoms with E-state index in [1.165, 1.54) is 35.6 Å². The first-order valence-corrected chi connectivity index (χ1v) is 8.19. The summed E-state index contributed by atoms with van der Waals surface area (Å²) in [7, 11) is 1.30. The highest BCUT2D eigenvalue weighted by Gasteiger charge is 2.24. The molecule has 0 saturated carbocycles. The lowest BCUT2D eigenvalue weighted by atomic mass is 10.2. The number of para-hydroxylation sites is 2. The minimum atomic E-state index is -3.81. The smallest absolute Gasteiger partial charge is 0.269 e. The third-order valence-electron chi connectivity index (χ3n) is 3.41. The van der Waals surface area contributed by atoms with Gasteiger partial charge in [0.1, 0.15) is 0 Å². The molecule has 0 saturated heterocycles. The van der Waals surface area contributed by atoms with Crippen molar-refractivity contribution in [2.24, 2.45) is 0 Å². The van der Waals surface area contributed by atoms with E-state index >= 15 is 0 Å². The normalized spacial score (nSPS) is 11.1. The summed E-state index contributed by atoms with van der Waals surface area (Å²) >= 11 is 0. The Balaban J connectivity index is 2.45. The fourth-order valence-corrected chi connectivity index (χ4v) is 3.35. The monoisotopic (exact) mass is 335 g/mol. The van der Waals surface area contributed by atoms with Gasteiger partial charge in [-0.05, 0) is 24.3 Å². The van der Waals surface area contributed by atoms with Crippen LogP contribution >= 0.6 is 0 Å². The summed E-state index contributed by atoms with van der Waals surface area (Å²) in [6.45, 7) is 0. The highest BCUT2D eigenvalue weighted by Crippen LogP contribution is 2.31. The van der Waals surface area contributed by atoms with Crippen molar-refractivity contribution in [2.75, 3.05) is 30.3 Å². The summed E-state index contributed by atoms with van der Waals surface area (Å²) < 4.78 is 26.6. The van der Waals surface area contributed by atoms with E-state index in [9.17, 15) is 18.5 Å². The zero-order chi connectivity index (χ0) is 17.2. The van der Waals surface area contributed by atoms with Crippen molar-refractivity contribution in [3.8, 4) is 0 Å². The zero-order valence-electron chi connectivity index (χ0n) is 13.0. The molecule has 0 aliphatic heterocycles. The number of sulfonamides is 1. The largest absolute Gasteiger partial charge is 0.376 e. The second-order valence-corrected chi connectivity index (χ2v) is 7.08. The van der Waals surface area contributed by atoms with Crippen LogP contribution in [0.4, 0.5) is 17.1 Å². The lowest BCUT2D eigenvalue weighted by molar-refractivity contribution is -0.384. The van der Waals surface area contributed by atoms with Crippen LogP contribution in [0, 0.1) is 10.1 Å². The van der Waals surface area contributed by atoms with Crippen molar-refractivity contribution in [3.05, 3.63) is 58.6 Å². The summed E-state index contributed by atoms with van der Waals surface area (Å²) in [4.78, 5) is 11.9. The van der Waals surface area contributed by atoms with Crippen LogP contribution in [0.25, 0.3) is 0 Å². The summed E-state index contributed by atoms with van der Waals surface area (Å²) in [6, 6.07) is 11.9. The quantitative estimate of drug-likeness (QED) is 0.619. The van der Waals surface area contributed by atoms with Crippen LogP contribution in [0.3, 0.4) is 0 Å².